The van der Waals surface area contributed by atoms with E-state index >= 15 is 0 Å². The molecule has 1 unspecified atom stereocenters. The highest BCUT2D eigenvalue weighted by atomic mass is 32.1. The van der Waals surface area contributed by atoms with Crippen molar-refractivity contribution in [3.8, 4) is 0 Å². The minimum Gasteiger partial charge on any atom is -0.389 e. The number of nitrogens with one attached hydrogen (secondary N) is 1. The van der Waals surface area contributed by atoms with Crippen LogP contribution in [0.2, 0.25) is 0 Å². The second-order valence-electron chi connectivity index (χ2n) is 3.24. The molecular formula is C10H18N2O2S. The summed E-state index contributed by atoms with van der Waals surface area (Å²) in [5.74, 6) is 0. The van der Waals surface area contributed by atoms with Crippen molar-refractivity contribution in [3.05, 3.63) is 22.4 Å². The van der Waals surface area contributed by atoms with Crippen LogP contribution in [0.4, 0.5) is 0 Å². The fraction of sp³-hybridized carbons (Fsp3) is 0.600. The van der Waals surface area contributed by atoms with Crippen LogP contribution in [0.5, 0.6) is 0 Å². The van der Waals surface area contributed by atoms with E-state index in [0.29, 0.717) is 26.3 Å². The van der Waals surface area contributed by atoms with Crippen LogP contribution in [0.3, 0.4) is 0 Å². The van der Waals surface area contributed by atoms with E-state index in [1.807, 2.05) is 17.5 Å². The maximum absolute atomic E-state index is 9.48. The summed E-state index contributed by atoms with van der Waals surface area (Å²) in [6.07, 6.45) is -0.462. The molecule has 1 rings (SSSR count). The lowest BCUT2D eigenvalue weighted by molar-refractivity contribution is 0.0300. The van der Waals surface area contributed by atoms with Gasteiger partial charge in [-0.15, -0.1) is 11.3 Å². The maximum Gasteiger partial charge on any atom is 0.0897 e. The molecule has 0 amide bonds. The number of aliphatic hydroxyl groups excluding tert-OH is 1. The average molecular weight is 230 g/mol. The van der Waals surface area contributed by atoms with Crippen molar-refractivity contribution >= 4 is 11.3 Å². The summed E-state index contributed by atoms with van der Waals surface area (Å²) in [7, 11) is 0. The van der Waals surface area contributed by atoms with E-state index in [0.717, 1.165) is 6.54 Å². The number of aliphatic hydroxyl groups is 1. The molecule has 1 aromatic rings. The molecule has 0 radical (unpaired) electrons. The molecule has 4 N–H and O–H groups in total. The smallest absolute Gasteiger partial charge is 0.0897 e. The number of rotatable bonds is 8. The molecule has 0 aliphatic heterocycles. The molecule has 15 heavy (non-hydrogen) atoms. The Morgan fingerprint density at radius 2 is 2.47 bits per heavy atom. The fourth-order valence-corrected chi connectivity index (χ4v) is 1.76. The number of nitrogens with two attached hydrogens (primary N) is 1. The van der Waals surface area contributed by atoms with Gasteiger partial charge in [-0.25, -0.2) is 0 Å². The lowest BCUT2D eigenvalue weighted by Gasteiger charge is -2.11. The number of ether oxygens (including phenoxy) is 1. The third-order valence-electron chi connectivity index (χ3n) is 1.84. The van der Waals surface area contributed by atoms with Gasteiger partial charge in [0.05, 0.1) is 19.3 Å². The van der Waals surface area contributed by atoms with Crippen molar-refractivity contribution in [2.45, 2.75) is 12.7 Å². The van der Waals surface area contributed by atoms with Gasteiger partial charge in [0.25, 0.3) is 0 Å². The minimum absolute atomic E-state index is 0.357. The zero-order valence-corrected chi connectivity index (χ0v) is 9.50. The van der Waals surface area contributed by atoms with E-state index in [1.54, 1.807) is 11.3 Å². The highest BCUT2D eigenvalue weighted by Crippen LogP contribution is 2.09. The minimum atomic E-state index is -0.462. The highest BCUT2D eigenvalue weighted by Gasteiger charge is 2.03. The van der Waals surface area contributed by atoms with Gasteiger partial charge in [-0.3, -0.25) is 0 Å². The third-order valence-corrected chi connectivity index (χ3v) is 2.69. The van der Waals surface area contributed by atoms with Gasteiger partial charge in [-0.05, 0) is 11.4 Å². The molecule has 1 heterocycles. The molecule has 86 valence electrons. The number of hydrogen-bond acceptors (Lipinski definition) is 5. The van der Waals surface area contributed by atoms with Gasteiger partial charge < -0.3 is 20.9 Å². The van der Waals surface area contributed by atoms with Gasteiger partial charge in [0.15, 0.2) is 0 Å². The second-order valence-corrected chi connectivity index (χ2v) is 4.27. The van der Waals surface area contributed by atoms with E-state index in [2.05, 4.69) is 5.32 Å². The lowest BCUT2D eigenvalue weighted by Crippen LogP contribution is -2.33. The Morgan fingerprint density at radius 1 is 1.60 bits per heavy atom. The zero-order valence-electron chi connectivity index (χ0n) is 8.69. The molecule has 0 fully saturated rings. The molecule has 0 spiro atoms. The van der Waals surface area contributed by atoms with Crippen LogP contribution in [0.15, 0.2) is 17.5 Å². The van der Waals surface area contributed by atoms with Gasteiger partial charge in [0.2, 0.25) is 0 Å². The Labute approximate surface area is 94.1 Å². The Balaban J connectivity index is 1.99. The van der Waals surface area contributed by atoms with Gasteiger partial charge in [0, 0.05) is 24.5 Å². The Hall–Kier alpha value is -0.460. The van der Waals surface area contributed by atoms with Crippen molar-refractivity contribution in [3.63, 3.8) is 0 Å². The monoisotopic (exact) mass is 230 g/mol. The Bertz CT molecular complexity index is 242. The molecular weight excluding hydrogens is 212 g/mol. The first-order chi connectivity index (χ1) is 7.33. The summed E-state index contributed by atoms with van der Waals surface area (Å²) in [6, 6.07) is 4.01. The summed E-state index contributed by atoms with van der Waals surface area (Å²) >= 11 is 1.66. The summed E-state index contributed by atoms with van der Waals surface area (Å²) in [6.45, 7) is 2.77. The predicted octanol–water partition coefficient (Wildman–Crippen LogP) is 0.174. The summed E-state index contributed by atoms with van der Waals surface area (Å²) in [4.78, 5) is 1.18. The molecule has 0 bridgehead atoms. The molecule has 5 heteroatoms. The van der Waals surface area contributed by atoms with Crippen LogP contribution in [-0.2, 0) is 11.3 Å². The third kappa shape index (κ3) is 5.86. The molecule has 0 aliphatic rings. The molecule has 1 aromatic heterocycles. The van der Waals surface area contributed by atoms with E-state index in [1.165, 1.54) is 4.88 Å². The highest BCUT2D eigenvalue weighted by molar-refractivity contribution is 7.09. The number of thiophene rings is 1. The molecule has 0 aliphatic carbocycles. The fourth-order valence-electron chi connectivity index (χ4n) is 1.12. The Kier molecular flexibility index (Phi) is 6.54. The second kappa shape index (κ2) is 7.78. The van der Waals surface area contributed by atoms with Crippen molar-refractivity contribution in [2.24, 2.45) is 5.73 Å². The van der Waals surface area contributed by atoms with Crippen LogP contribution >= 0.6 is 11.3 Å². The van der Waals surface area contributed by atoms with Crippen molar-refractivity contribution in [2.75, 3.05) is 26.2 Å². The Morgan fingerprint density at radius 3 is 3.13 bits per heavy atom. The maximum atomic E-state index is 9.48. The molecule has 0 aromatic carbocycles. The first kappa shape index (κ1) is 12.6. The predicted molar refractivity (Wildman–Crippen MR) is 61.9 cm³/mol. The zero-order chi connectivity index (χ0) is 10.9. The van der Waals surface area contributed by atoms with Crippen LogP contribution in [0, 0.1) is 0 Å². The van der Waals surface area contributed by atoms with E-state index < -0.39 is 6.10 Å². The standard InChI is InChI=1S/C10H18N2O2S/c11-3-4-12-6-9(13)7-14-8-10-2-1-5-15-10/h1-2,5,9,12-13H,3-4,6-8,11H2. The molecule has 4 nitrogen and oxygen atoms in total. The summed E-state index contributed by atoms with van der Waals surface area (Å²) in [5, 5.41) is 14.5. The van der Waals surface area contributed by atoms with Crippen LogP contribution < -0.4 is 11.1 Å². The molecule has 0 saturated heterocycles. The largest absolute Gasteiger partial charge is 0.389 e. The van der Waals surface area contributed by atoms with Crippen molar-refractivity contribution in [1.82, 2.24) is 5.32 Å². The first-order valence-corrected chi connectivity index (χ1v) is 5.90. The van der Waals surface area contributed by atoms with Crippen molar-refractivity contribution in [1.29, 1.82) is 0 Å². The van der Waals surface area contributed by atoms with Gasteiger partial charge >= 0.3 is 0 Å². The van der Waals surface area contributed by atoms with E-state index in [4.69, 9.17) is 10.5 Å². The van der Waals surface area contributed by atoms with E-state index in [9.17, 15) is 5.11 Å². The average Bonchev–Trinajstić information content (AvgIpc) is 2.71. The van der Waals surface area contributed by atoms with Gasteiger partial charge in [-0.2, -0.15) is 0 Å². The summed E-state index contributed by atoms with van der Waals surface area (Å²) in [5.41, 5.74) is 5.31. The van der Waals surface area contributed by atoms with Crippen LogP contribution in [0.1, 0.15) is 4.88 Å². The lowest BCUT2D eigenvalue weighted by atomic mass is 10.4. The van der Waals surface area contributed by atoms with Crippen molar-refractivity contribution < 1.29 is 9.84 Å². The van der Waals surface area contributed by atoms with Crippen LogP contribution in [-0.4, -0.2) is 37.5 Å². The SMILES string of the molecule is NCCNCC(O)COCc1cccs1. The molecule has 1 atom stereocenters. The normalized spacial score (nSPS) is 12.9. The molecule has 0 saturated carbocycles. The van der Waals surface area contributed by atoms with Gasteiger partial charge in [-0.1, -0.05) is 6.07 Å². The van der Waals surface area contributed by atoms with E-state index in [-0.39, 0.29) is 0 Å². The quantitative estimate of drug-likeness (QED) is 0.557. The topological polar surface area (TPSA) is 67.5 Å². The number of hydrogen-bond donors (Lipinski definition) is 3. The van der Waals surface area contributed by atoms with Gasteiger partial charge in [0.1, 0.15) is 0 Å². The van der Waals surface area contributed by atoms with Crippen LogP contribution in [0.25, 0.3) is 0 Å². The first-order valence-electron chi connectivity index (χ1n) is 5.02. The summed E-state index contributed by atoms with van der Waals surface area (Å²) < 4.78 is 5.36.